The van der Waals surface area contributed by atoms with Crippen LogP contribution in [0.25, 0.3) is 0 Å². The normalized spacial score (nSPS) is 14.3. The second-order valence-electron chi connectivity index (χ2n) is 5.82. The number of fused-ring (bicyclic) bond motifs is 1. The van der Waals surface area contributed by atoms with E-state index in [0.29, 0.717) is 23.3 Å². The summed E-state index contributed by atoms with van der Waals surface area (Å²) in [4.78, 5) is 39.1. The number of halogens is 1. The molecular weight excluding hydrogens is 355 g/mol. The minimum Gasteiger partial charge on any atom is -0.324 e. The van der Waals surface area contributed by atoms with Crippen molar-refractivity contribution in [2.45, 2.75) is 12.5 Å². The van der Waals surface area contributed by atoms with Crippen molar-refractivity contribution in [1.82, 2.24) is 4.90 Å². The van der Waals surface area contributed by atoms with E-state index in [4.69, 9.17) is 0 Å². The molecule has 26 heavy (non-hydrogen) atoms. The van der Waals surface area contributed by atoms with Crippen molar-refractivity contribution in [3.63, 3.8) is 0 Å². The maximum absolute atomic E-state index is 13.4. The maximum Gasteiger partial charge on any atom is 0.262 e. The quantitative estimate of drug-likeness (QED) is 0.791. The summed E-state index contributed by atoms with van der Waals surface area (Å²) in [6.07, 6.45) is 2.19. The average Bonchev–Trinajstić information content (AvgIpc) is 2.87. The predicted octanol–water partition coefficient (Wildman–Crippen LogP) is 3.18. The molecule has 1 atom stereocenters. The highest BCUT2D eigenvalue weighted by atomic mass is 32.2. The van der Waals surface area contributed by atoms with Gasteiger partial charge in [-0.3, -0.25) is 19.3 Å². The fraction of sp³-hybridized carbons (Fsp3) is 0.211. The summed E-state index contributed by atoms with van der Waals surface area (Å²) in [5, 5.41) is 2.60. The number of imide groups is 1. The van der Waals surface area contributed by atoms with Gasteiger partial charge in [0.25, 0.3) is 11.8 Å². The van der Waals surface area contributed by atoms with Crippen molar-refractivity contribution in [2.75, 3.05) is 17.3 Å². The Morgan fingerprint density at radius 3 is 2.35 bits per heavy atom. The number of nitrogens with one attached hydrogen (secondary N) is 1. The van der Waals surface area contributed by atoms with Crippen LogP contribution in [0.5, 0.6) is 0 Å². The van der Waals surface area contributed by atoms with Crippen molar-refractivity contribution in [1.29, 1.82) is 0 Å². The number of benzene rings is 2. The van der Waals surface area contributed by atoms with Gasteiger partial charge in [0, 0.05) is 5.69 Å². The molecule has 5 nitrogen and oxygen atoms in total. The Morgan fingerprint density at radius 1 is 1.12 bits per heavy atom. The van der Waals surface area contributed by atoms with Crippen molar-refractivity contribution >= 4 is 35.2 Å². The second-order valence-corrected chi connectivity index (χ2v) is 6.81. The van der Waals surface area contributed by atoms with Crippen LogP contribution >= 0.6 is 11.8 Å². The largest absolute Gasteiger partial charge is 0.324 e. The highest BCUT2D eigenvalue weighted by Crippen LogP contribution is 2.26. The Hall–Kier alpha value is -2.67. The summed E-state index contributed by atoms with van der Waals surface area (Å²) in [5.74, 6) is -1.37. The number of hydrogen-bond donors (Lipinski definition) is 1. The van der Waals surface area contributed by atoms with Gasteiger partial charge in [0.05, 0.1) is 11.1 Å². The molecule has 0 fully saturated rings. The molecule has 0 spiro atoms. The van der Waals surface area contributed by atoms with Crippen molar-refractivity contribution < 1.29 is 18.8 Å². The summed E-state index contributed by atoms with van der Waals surface area (Å²) in [5.41, 5.74) is 0.871. The summed E-state index contributed by atoms with van der Waals surface area (Å²) in [6.45, 7) is 0. The summed E-state index contributed by atoms with van der Waals surface area (Å²) in [7, 11) is 0. The fourth-order valence-corrected chi connectivity index (χ4v) is 3.35. The van der Waals surface area contributed by atoms with Gasteiger partial charge in [-0.15, -0.1) is 0 Å². The van der Waals surface area contributed by atoms with Gasteiger partial charge in [0.1, 0.15) is 11.9 Å². The molecule has 1 heterocycles. The standard InChI is InChI=1S/C19H17FN2O3S/c1-26-10-9-16(17(23)21-13-6-4-5-12(20)11-13)22-18(24)14-7-2-3-8-15(14)19(22)25/h2-8,11,16H,9-10H2,1H3,(H,21,23)/t16-/m0/s1. The van der Waals surface area contributed by atoms with E-state index in [1.54, 1.807) is 30.3 Å². The lowest BCUT2D eigenvalue weighted by Gasteiger charge is -2.25. The molecule has 1 N–H and O–H groups in total. The summed E-state index contributed by atoms with van der Waals surface area (Å²) >= 11 is 1.51. The second kappa shape index (κ2) is 7.70. The number of carbonyl (C=O) groups is 3. The van der Waals surface area contributed by atoms with Crippen LogP contribution in [0.15, 0.2) is 48.5 Å². The van der Waals surface area contributed by atoms with Gasteiger partial charge in [-0.2, -0.15) is 11.8 Å². The fourth-order valence-electron chi connectivity index (χ4n) is 2.89. The van der Waals surface area contributed by atoms with Crippen LogP contribution in [-0.4, -0.2) is 40.7 Å². The van der Waals surface area contributed by atoms with Gasteiger partial charge in [0.15, 0.2) is 0 Å². The molecule has 0 saturated heterocycles. The third-order valence-corrected chi connectivity index (χ3v) is 4.77. The Labute approximate surface area is 154 Å². The van der Waals surface area contributed by atoms with Crippen LogP contribution in [0, 0.1) is 5.82 Å². The molecule has 3 amide bonds. The molecule has 2 aromatic carbocycles. The van der Waals surface area contributed by atoms with Gasteiger partial charge in [0.2, 0.25) is 5.91 Å². The minimum atomic E-state index is -0.960. The topological polar surface area (TPSA) is 66.5 Å². The van der Waals surface area contributed by atoms with Crippen molar-refractivity contribution in [2.24, 2.45) is 0 Å². The molecule has 1 aliphatic heterocycles. The molecule has 0 unspecified atom stereocenters. The van der Waals surface area contributed by atoms with Crippen LogP contribution < -0.4 is 5.32 Å². The predicted molar refractivity (Wildman–Crippen MR) is 98.8 cm³/mol. The molecule has 0 aromatic heterocycles. The van der Waals surface area contributed by atoms with E-state index < -0.39 is 29.6 Å². The van der Waals surface area contributed by atoms with E-state index in [1.807, 2.05) is 6.26 Å². The minimum absolute atomic E-state index is 0.278. The van der Waals surface area contributed by atoms with E-state index >= 15 is 0 Å². The number of amides is 3. The molecule has 7 heteroatoms. The van der Waals surface area contributed by atoms with Gasteiger partial charge in [-0.25, -0.2) is 4.39 Å². The van der Waals surface area contributed by atoms with E-state index in [0.717, 1.165) is 4.90 Å². The Bertz CT molecular complexity index is 836. The summed E-state index contributed by atoms with van der Waals surface area (Å²) < 4.78 is 13.4. The van der Waals surface area contributed by atoms with E-state index in [9.17, 15) is 18.8 Å². The Kier molecular flexibility index (Phi) is 5.37. The highest BCUT2D eigenvalue weighted by molar-refractivity contribution is 7.98. The lowest BCUT2D eigenvalue weighted by molar-refractivity contribution is -0.120. The van der Waals surface area contributed by atoms with Crippen LogP contribution in [-0.2, 0) is 4.79 Å². The zero-order valence-electron chi connectivity index (χ0n) is 14.1. The van der Waals surface area contributed by atoms with Crippen molar-refractivity contribution in [3.8, 4) is 0 Å². The van der Waals surface area contributed by atoms with Crippen LogP contribution in [0.3, 0.4) is 0 Å². The smallest absolute Gasteiger partial charge is 0.262 e. The molecule has 0 bridgehead atoms. The number of nitrogens with zero attached hydrogens (tertiary/aromatic N) is 1. The lowest BCUT2D eigenvalue weighted by Crippen LogP contribution is -2.47. The van der Waals surface area contributed by atoms with E-state index in [2.05, 4.69) is 5.32 Å². The van der Waals surface area contributed by atoms with Gasteiger partial charge in [-0.1, -0.05) is 18.2 Å². The third-order valence-electron chi connectivity index (χ3n) is 4.13. The molecule has 1 aliphatic rings. The molecule has 134 valence electrons. The van der Waals surface area contributed by atoms with E-state index in [1.165, 1.54) is 30.0 Å². The van der Waals surface area contributed by atoms with Crippen molar-refractivity contribution in [3.05, 3.63) is 65.5 Å². The first-order chi connectivity index (χ1) is 12.5. The monoisotopic (exact) mass is 372 g/mol. The Morgan fingerprint density at radius 2 is 1.77 bits per heavy atom. The molecule has 0 saturated carbocycles. The maximum atomic E-state index is 13.4. The highest BCUT2D eigenvalue weighted by Gasteiger charge is 2.42. The lowest BCUT2D eigenvalue weighted by atomic mass is 10.1. The molecule has 0 aliphatic carbocycles. The molecular formula is C19H17FN2O3S. The van der Waals surface area contributed by atoms with Gasteiger partial charge in [-0.05, 0) is 48.8 Å². The molecule has 0 radical (unpaired) electrons. The molecule has 3 rings (SSSR count). The number of thioether (sulfide) groups is 1. The molecule has 2 aromatic rings. The van der Waals surface area contributed by atoms with Crippen LogP contribution in [0.2, 0.25) is 0 Å². The van der Waals surface area contributed by atoms with Crippen LogP contribution in [0.4, 0.5) is 10.1 Å². The van der Waals surface area contributed by atoms with E-state index in [-0.39, 0.29) is 5.69 Å². The van der Waals surface area contributed by atoms with Crippen LogP contribution in [0.1, 0.15) is 27.1 Å². The SMILES string of the molecule is CSCC[C@@H](C(=O)Nc1cccc(F)c1)N1C(=O)c2ccccc2C1=O. The first kappa shape index (κ1) is 18.1. The average molecular weight is 372 g/mol. The third kappa shape index (κ3) is 3.48. The first-order valence-electron chi connectivity index (χ1n) is 8.05. The van der Waals surface area contributed by atoms with Gasteiger partial charge >= 0.3 is 0 Å². The number of hydrogen-bond acceptors (Lipinski definition) is 4. The zero-order valence-corrected chi connectivity index (χ0v) is 14.9. The number of rotatable bonds is 6. The Balaban J connectivity index is 1.88. The first-order valence-corrected chi connectivity index (χ1v) is 9.44. The zero-order chi connectivity index (χ0) is 18.7. The number of anilines is 1. The summed E-state index contributed by atoms with van der Waals surface area (Å²) in [6, 6.07) is 11.0. The number of carbonyl (C=O) groups excluding carboxylic acids is 3. The van der Waals surface area contributed by atoms with Gasteiger partial charge < -0.3 is 5.32 Å².